The molecule has 8 heteroatoms. The number of rotatable bonds is 16. The zero-order chi connectivity index (χ0) is 27.5. The van der Waals surface area contributed by atoms with Gasteiger partial charge in [0.2, 0.25) is 0 Å². The summed E-state index contributed by atoms with van der Waals surface area (Å²) in [5, 5.41) is 9.41. The monoisotopic (exact) mass is 683 g/mol. The van der Waals surface area contributed by atoms with Crippen LogP contribution in [0.3, 0.4) is 0 Å². The molecule has 0 aromatic carbocycles. The highest BCUT2D eigenvalue weighted by Gasteiger charge is 2.02. The van der Waals surface area contributed by atoms with Crippen LogP contribution in [-0.2, 0) is 0 Å². The number of likely N-dealkylation sites (N-methyl/N-ethyl adjacent to an activating group) is 2. The van der Waals surface area contributed by atoms with Crippen molar-refractivity contribution in [3.63, 3.8) is 0 Å². The van der Waals surface area contributed by atoms with Crippen molar-refractivity contribution in [3.05, 3.63) is 0 Å². The Morgan fingerprint density at radius 1 is 0.382 bits per heavy atom. The van der Waals surface area contributed by atoms with E-state index in [-0.39, 0.29) is 0 Å². The fourth-order valence-electron chi connectivity index (χ4n) is 2.52. The fraction of sp³-hybridized carbons (Fsp3) is 1.00. The molecule has 34 heavy (non-hydrogen) atoms. The van der Waals surface area contributed by atoms with Crippen LogP contribution in [0.15, 0.2) is 0 Å². The second kappa shape index (κ2) is 47.4. The molecule has 0 heterocycles. The molecule has 0 radical (unpaired) electrons. The van der Waals surface area contributed by atoms with Gasteiger partial charge < -0.3 is 25.3 Å². The number of hydrogen-bond donors (Lipinski definition) is 2. The molecule has 0 fully saturated rings. The van der Waals surface area contributed by atoms with E-state index in [9.17, 15) is 0 Å². The van der Waals surface area contributed by atoms with Gasteiger partial charge in [0, 0.05) is 35.6 Å². The summed E-state index contributed by atoms with van der Waals surface area (Å²) in [4.78, 5) is 7.32. The maximum atomic E-state index is 3.39. The minimum atomic E-state index is 1.05. The molecule has 2 N–H and O–H groups in total. The van der Waals surface area contributed by atoms with E-state index in [1.165, 1.54) is 58.9 Å². The van der Waals surface area contributed by atoms with Gasteiger partial charge in [-0.25, -0.2) is 0 Å². The van der Waals surface area contributed by atoms with Crippen molar-refractivity contribution in [1.29, 1.82) is 0 Å². The topological polar surface area (TPSA) is 33.8 Å². The molecule has 0 aromatic heterocycles. The molecule has 0 unspecified atom stereocenters. The molecule has 0 saturated heterocycles. The first kappa shape index (κ1) is 45.2. The van der Waals surface area contributed by atoms with Gasteiger partial charge >= 0.3 is 0 Å². The number of halogens is 3. The Hall–Kier alpha value is 1.24. The molecule has 214 valence electrons. The van der Waals surface area contributed by atoms with Crippen LogP contribution in [0.5, 0.6) is 0 Å². The molecule has 0 amide bonds. The summed E-state index contributed by atoms with van der Waals surface area (Å²) >= 11 is 9.79. The van der Waals surface area contributed by atoms with Gasteiger partial charge in [-0.3, -0.25) is 0 Å². The fourth-order valence-corrected chi connectivity index (χ4v) is 3.02. The zero-order valence-electron chi connectivity index (χ0n) is 24.8. The average molecular weight is 687 g/mol. The number of nitrogens with one attached hydrogen (secondary N) is 2. The molecule has 0 aliphatic heterocycles. The van der Waals surface area contributed by atoms with Crippen molar-refractivity contribution in [2.24, 2.45) is 0 Å². The van der Waals surface area contributed by atoms with Gasteiger partial charge in [-0.1, -0.05) is 117 Å². The summed E-state index contributed by atoms with van der Waals surface area (Å²) in [6, 6.07) is 0. The molecule has 0 atom stereocenters. The number of alkyl halides is 3. The third kappa shape index (κ3) is 50.2. The van der Waals surface area contributed by atoms with Gasteiger partial charge in [0.1, 0.15) is 0 Å². The van der Waals surface area contributed by atoms with Crippen molar-refractivity contribution in [2.75, 3.05) is 101 Å². The summed E-state index contributed by atoms with van der Waals surface area (Å²) in [6.45, 7) is 36.7. The number of hydrogen-bond acceptors (Lipinski definition) is 5. The third-order valence-electron chi connectivity index (χ3n) is 4.89. The van der Waals surface area contributed by atoms with E-state index in [0.29, 0.717) is 0 Å². The van der Waals surface area contributed by atoms with Gasteiger partial charge in [0.05, 0.1) is 0 Å². The van der Waals surface area contributed by atoms with Crippen LogP contribution >= 0.6 is 47.8 Å². The minimum Gasteiger partial charge on any atom is -0.317 e. The summed E-state index contributed by atoms with van der Waals surface area (Å²) in [6.07, 6.45) is 0. The van der Waals surface area contributed by atoms with E-state index in [1.807, 2.05) is 0 Å². The van der Waals surface area contributed by atoms with Crippen molar-refractivity contribution in [3.8, 4) is 0 Å². The predicted molar refractivity (Wildman–Crippen MR) is 173 cm³/mol. The Morgan fingerprint density at radius 2 is 0.618 bits per heavy atom. The van der Waals surface area contributed by atoms with Crippen molar-refractivity contribution >= 4 is 47.8 Å². The standard InChI is InChI=1S/C10H24N2.C6H14BrN.2C4H11N.C2H4Br2/c1-5-11(6-2)9-10-12(7-3)8-4;1-3-8(4-2)6-5-7;2*1-3-5-4-2;3-1-2-4/h5-10H2,1-4H3;3-6H2,1-2H3;2*5H,3-4H2,1-2H3;1-2H2. The van der Waals surface area contributed by atoms with E-state index in [0.717, 1.165) is 42.2 Å². The van der Waals surface area contributed by atoms with Crippen LogP contribution in [0, 0.1) is 0 Å². The van der Waals surface area contributed by atoms with Crippen LogP contribution in [0.4, 0.5) is 0 Å². The van der Waals surface area contributed by atoms with E-state index in [4.69, 9.17) is 0 Å². The van der Waals surface area contributed by atoms with Gasteiger partial charge in [-0.05, 0) is 65.4 Å². The van der Waals surface area contributed by atoms with Crippen LogP contribution in [0.2, 0.25) is 0 Å². The molecule has 0 saturated carbocycles. The molecule has 0 aliphatic rings. The molecular formula is C26H64Br3N5. The normalized spacial score (nSPS) is 9.88. The Bertz CT molecular complexity index is 255. The lowest BCUT2D eigenvalue weighted by Gasteiger charge is -2.23. The van der Waals surface area contributed by atoms with Crippen LogP contribution in [0.1, 0.15) is 69.2 Å². The molecular weight excluding hydrogens is 622 g/mol. The lowest BCUT2D eigenvalue weighted by Crippen LogP contribution is -2.34. The van der Waals surface area contributed by atoms with E-state index in [1.54, 1.807) is 0 Å². The summed E-state index contributed by atoms with van der Waals surface area (Å²) in [5.74, 6) is 0. The Morgan fingerprint density at radius 3 is 0.706 bits per heavy atom. The van der Waals surface area contributed by atoms with Crippen molar-refractivity contribution in [2.45, 2.75) is 69.2 Å². The van der Waals surface area contributed by atoms with Gasteiger partial charge in [0.25, 0.3) is 0 Å². The Balaban J connectivity index is -0.000000111. The van der Waals surface area contributed by atoms with Crippen LogP contribution < -0.4 is 10.6 Å². The first-order valence-corrected chi connectivity index (χ1v) is 17.0. The van der Waals surface area contributed by atoms with E-state index in [2.05, 4.69) is 142 Å². The highest BCUT2D eigenvalue weighted by molar-refractivity contribution is 9.12. The summed E-state index contributed by atoms with van der Waals surface area (Å²) in [7, 11) is 0. The van der Waals surface area contributed by atoms with Gasteiger partial charge in [-0.15, -0.1) is 0 Å². The lowest BCUT2D eigenvalue weighted by atomic mass is 10.4. The van der Waals surface area contributed by atoms with Gasteiger partial charge in [0.15, 0.2) is 0 Å². The molecule has 0 bridgehead atoms. The molecule has 0 aliphatic carbocycles. The molecule has 5 nitrogen and oxygen atoms in total. The molecule has 0 aromatic rings. The van der Waals surface area contributed by atoms with E-state index >= 15 is 0 Å². The first-order valence-electron chi connectivity index (χ1n) is 13.6. The number of nitrogens with zero attached hydrogens (tertiary/aromatic N) is 3. The minimum absolute atomic E-state index is 1.05. The van der Waals surface area contributed by atoms with Crippen LogP contribution in [0.25, 0.3) is 0 Å². The Labute approximate surface area is 242 Å². The smallest absolute Gasteiger partial charge is 0.0159 e. The second-order valence-corrected chi connectivity index (χ2v) is 9.44. The van der Waals surface area contributed by atoms with Crippen molar-refractivity contribution in [1.82, 2.24) is 25.3 Å². The molecule has 0 rings (SSSR count). The third-order valence-corrected chi connectivity index (χ3v) is 7.10. The zero-order valence-corrected chi connectivity index (χ0v) is 29.5. The summed E-state index contributed by atoms with van der Waals surface area (Å²) < 4.78 is 0. The Kier molecular flexibility index (Phi) is 63.0. The quantitative estimate of drug-likeness (QED) is 0.184. The second-order valence-electron chi connectivity index (χ2n) is 7.06. The molecule has 0 spiro atoms. The maximum absolute atomic E-state index is 3.39. The SMILES string of the molecule is BrCCBr.CCN(CC)CCBr.CCN(CC)CCN(CC)CC.CCNCC.CCNCC. The maximum Gasteiger partial charge on any atom is 0.0159 e. The predicted octanol–water partition coefficient (Wildman–Crippen LogP) is 6.40. The van der Waals surface area contributed by atoms with Gasteiger partial charge in [-0.2, -0.15) is 0 Å². The highest BCUT2D eigenvalue weighted by Crippen LogP contribution is 1.91. The first-order chi connectivity index (χ1) is 16.4. The average Bonchev–Trinajstić information content (AvgIpc) is 2.87. The van der Waals surface area contributed by atoms with Crippen molar-refractivity contribution < 1.29 is 0 Å². The highest BCUT2D eigenvalue weighted by atomic mass is 79.9. The summed E-state index contributed by atoms with van der Waals surface area (Å²) in [5.41, 5.74) is 0. The largest absolute Gasteiger partial charge is 0.317 e. The lowest BCUT2D eigenvalue weighted by molar-refractivity contribution is 0.227. The van der Waals surface area contributed by atoms with Crippen LogP contribution in [-0.4, -0.2) is 116 Å². The van der Waals surface area contributed by atoms with E-state index < -0.39 is 0 Å².